The molecule has 0 saturated heterocycles. The molecule has 0 aliphatic heterocycles. The highest BCUT2D eigenvalue weighted by Gasteiger charge is 2.34. The third kappa shape index (κ3) is 10.4. The van der Waals surface area contributed by atoms with Gasteiger partial charge in [0, 0.05) is 22.3 Å². The Morgan fingerprint density at radius 3 is 1.96 bits per heavy atom. The number of carboxylic acids is 1. The molecule has 0 heterocycles. The maximum Gasteiger partial charge on any atom is 0.416 e. The van der Waals surface area contributed by atoms with E-state index in [1.807, 2.05) is 26.0 Å². The number of rotatable bonds is 11. The number of ether oxygens (including phenoxy) is 2. The third-order valence-corrected chi connectivity index (χ3v) is 6.88. The molecule has 4 aromatic carbocycles. The lowest BCUT2D eigenvalue weighted by atomic mass is 10.0. The van der Waals surface area contributed by atoms with Gasteiger partial charge in [-0.15, -0.1) is 0 Å². The van der Waals surface area contributed by atoms with Gasteiger partial charge in [-0.1, -0.05) is 48.0 Å². The zero-order chi connectivity index (χ0) is 33.9. The Morgan fingerprint density at radius 1 is 0.848 bits per heavy atom. The number of halogens is 4. The fourth-order valence-electron chi connectivity index (χ4n) is 4.24. The minimum Gasteiger partial charge on any atom is -0.497 e. The summed E-state index contributed by atoms with van der Waals surface area (Å²) >= 11 is 3.36. The molecule has 2 amide bonds. The van der Waals surface area contributed by atoms with Crippen LogP contribution in [0.1, 0.15) is 40.9 Å². The number of benzene rings is 4. The summed E-state index contributed by atoms with van der Waals surface area (Å²) in [5.41, 5.74) is -0.116. The van der Waals surface area contributed by atoms with Crippen LogP contribution in [0.5, 0.6) is 17.2 Å². The molecule has 0 aromatic heterocycles. The lowest BCUT2D eigenvalue weighted by Crippen LogP contribution is -2.35. The van der Waals surface area contributed by atoms with Gasteiger partial charge in [-0.05, 0) is 83.9 Å². The van der Waals surface area contributed by atoms with Crippen molar-refractivity contribution in [1.29, 1.82) is 0 Å². The largest absolute Gasteiger partial charge is 0.497 e. The number of aliphatic carboxylic acids is 1. The summed E-state index contributed by atoms with van der Waals surface area (Å²) in [5, 5.41) is 11.9. The quantitative estimate of drug-likeness (QED) is 0.163. The molecule has 4 rings (SSSR count). The lowest BCUT2D eigenvalue weighted by molar-refractivity contribution is -0.139. The van der Waals surface area contributed by atoms with Gasteiger partial charge in [-0.25, -0.2) is 0 Å². The minimum atomic E-state index is -4.68. The summed E-state index contributed by atoms with van der Waals surface area (Å²) in [6.07, 6.45) is -5.22. The number of carboxylic acid groups (broad SMARTS) is 1. The maximum absolute atomic E-state index is 13.5. The Balaban J connectivity index is 0.00000282. The van der Waals surface area contributed by atoms with E-state index in [2.05, 4.69) is 21.2 Å². The van der Waals surface area contributed by atoms with Gasteiger partial charge in [0.1, 0.15) is 23.8 Å². The zero-order valence-electron chi connectivity index (χ0n) is 25.2. The standard InChI is InChI=1S/C32H26BrF3N2O6.C2H6/c1-43-27-13-6-22(28(17-27)32(34,35)36)16-29(39)37-24-9-4-21(5-10-24)31(42)38(19-30(40)41)18-20-2-11-25(12-3-20)44-26-14-7-23(33)8-15-26;1-2/h2-15,17H,16,18-19H2,1H3,(H,37,39)(H,40,41);1-2H3. The van der Waals surface area contributed by atoms with Crippen LogP contribution in [0.3, 0.4) is 0 Å². The number of alkyl halides is 3. The highest BCUT2D eigenvalue weighted by Crippen LogP contribution is 2.35. The second-order valence-electron chi connectivity index (χ2n) is 9.58. The van der Waals surface area contributed by atoms with Crippen molar-refractivity contribution in [3.05, 3.63) is 118 Å². The molecule has 12 heteroatoms. The molecule has 0 spiro atoms. The van der Waals surface area contributed by atoms with Gasteiger partial charge in [0.15, 0.2) is 0 Å². The van der Waals surface area contributed by atoms with Crippen molar-refractivity contribution in [2.75, 3.05) is 19.0 Å². The molecule has 0 atom stereocenters. The predicted octanol–water partition coefficient (Wildman–Crippen LogP) is 8.20. The Hall–Kier alpha value is -4.84. The molecule has 46 heavy (non-hydrogen) atoms. The monoisotopic (exact) mass is 700 g/mol. The summed E-state index contributed by atoms with van der Waals surface area (Å²) in [7, 11) is 1.25. The van der Waals surface area contributed by atoms with E-state index in [-0.39, 0.29) is 29.1 Å². The maximum atomic E-state index is 13.5. The fourth-order valence-corrected chi connectivity index (χ4v) is 4.51. The van der Waals surface area contributed by atoms with E-state index < -0.39 is 42.5 Å². The van der Waals surface area contributed by atoms with E-state index in [1.54, 1.807) is 36.4 Å². The first-order chi connectivity index (χ1) is 21.9. The SMILES string of the molecule is CC.COc1ccc(CC(=O)Nc2ccc(C(=O)N(CC(=O)O)Cc3ccc(Oc4ccc(Br)cc4)cc3)cc2)c(C(F)(F)F)c1. The molecular weight excluding hydrogens is 669 g/mol. The van der Waals surface area contributed by atoms with Crippen LogP contribution in [0.25, 0.3) is 0 Å². The van der Waals surface area contributed by atoms with Crippen molar-refractivity contribution in [1.82, 2.24) is 4.90 Å². The number of carbonyl (C=O) groups is 3. The molecular formula is C34H32BrF3N2O6. The topological polar surface area (TPSA) is 105 Å². The summed E-state index contributed by atoms with van der Waals surface area (Å²) in [5.74, 6) is -1.24. The van der Waals surface area contributed by atoms with Crippen LogP contribution in [-0.4, -0.2) is 41.4 Å². The van der Waals surface area contributed by atoms with Gasteiger partial charge >= 0.3 is 12.1 Å². The van der Waals surface area contributed by atoms with E-state index in [4.69, 9.17) is 9.47 Å². The van der Waals surface area contributed by atoms with Crippen LogP contribution in [0.2, 0.25) is 0 Å². The highest BCUT2D eigenvalue weighted by atomic mass is 79.9. The molecule has 0 bridgehead atoms. The average molecular weight is 702 g/mol. The first-order valence-corrected chi connectivity index (χ1v) is 14.9. The number of nitrogens with zero attached hydrogens (tertiary/aromatic N) is 1. The van der Waals surface area contributed by atoms with Gasteiger partial charge in [0.2, 0.25) is 5.91 Å². The van der Waals surface area contributed by atoms with Crippen molar-refractivity contribution in [2.45, 2.75) is 33.0 Å². The molecule has 0 fully saturated rings. The molecule has 242 valence electrons. The number of amides is 2. The Kier molecular flexibility index (Phi) is 12.8. The lowest BCUT2D eigenvalue weighted by Gasteiger charge is -2.21. The molecule has 0 radical (unpaired) electrons. The summed E-state index contributed by atoms with van der Waals surface area (Å²) in [6, 6.07) is 23.1. The fraction of sp³-hybridized carbons (Fsp3) is 0.206. The molecule has 8 nitrogen and oxygen atoms in total. The number of nitrogens with one attached hydrogen (secondary N) is 1. The van der Waals surface area contributed by atoms with Crippen molar-refractivity contribution in [3.8, 4) is 17.2 Å². The van der Waals surface area contributed by atoms with Crippen LogP contribution in [-0.2, 0) is 28.7 Å². The zero-order valence-corrected chi connectivity index (χ0v) is 26.8. The molecule has 4 aromatic rings. The Bertz CT molecular complexity index is 1630. The van der Waals surface area contributed by atoms with Crippen LogP contribution in [0, 0.1) is 0 Å². The van der Waals surface area contributed by atoms with Crippen LogP contribution in [0.4, 0.5) is 18.9 Å². The number of hydrogen-bond donors (Lipinski definition) is 2. The van der Waals surface area contributed by atoms with Gasteiger partial charge in [-0.3, -0.25) is 14.4 Å². The van der Waals surface area contributed by atoms with E-state index in [0.717, 1.165) is 15.4 Å². The first kappa shape index (κ1) is 35.6. The van der Waals surface area contributed by atoms with E-state index in [9.17, 15) is 32.7 Å². The number of anilines is 1. The minimum absolute atomic E-state index is 0.00554. The van der Waals surface area contributed by atoms with E-state index in [0.29, 0.717) is 17.1 Å². The molecule has 0 aliphatic rings. The van der Waals surface area contributed by atoms with Crippen LogP contribution < -0.4 is 14.8 Å². The second kappa shape index (κ2) is 16.5. The van der Waals surface area contributed by atoms with Crippen LogP contribution >= 0.6 is 15.9 Å². The van der Waals surface area contributed by atoms with Gasteiger partial charge in [0.05, 0.1) is 19.1 Å². The second-order valence-corrected chi connectivity index (χ2v) is 10.5. The molecule has 2 N–H and O–H groups in total. The molecule has 0 aliphatic carbocycles. The van der Waals surface area contributed by atoms with Crippen molar-refractivity contribution < 1.29 is 42.1 Å². The van der Waals surface area contributed by atoms with Gasteiger partial charge in [-0.2, -0.15) is 13.2 Å². The normalized spacial score (nSPS) is 10.7. The van der Waals surface area contributed by atoms with Crippen molar-refractivity contribution in [3.63, 3.8) is 0 Å². The molecule has 0 unspecified atom stereocenters. The Labute approximate surface area is 272 Å². The number of methoxy groups -OCH3 is 1. The number of carbonyl (C=O) groups excluding carboxylic acids is 2. The first-order valence-electron chi connectivity index (χ1n) is 14.1. The van der Waals surface area contributed by atoms with E-state index >= 15 is 0 Å². The number of hydrogen-bond acceptors (Lipinski definition) is 5. The summed E-state index contributed by atoms with van der Waals surface area (Å²) < 4.78 is 52.0. The van der Waals surface area contributed by atoms with Gasteiger partial charge in [0.25, 0.3) is 5.91 Å². The summed E-state index contributed by atoms with van der Waals surface area (Å²) in [4.78, 5) is 38.4. The van der Waals surface area contributed by atoms with E-state index in [1.165, 1.54) is 43.5 Å². The molecule has 0 saturated carbocycles. The average Bonchev–Trinajstić information content (AvgIpc) is 3.03. The van der Waals surface area contributed by atoms with Crippen LogP contribution in [0.15, 0.2) is 95.5 Å². The smallest absolute Gasteiger partial charge is 0.416 e. The van der Waals surface area contributed by atoms with Gasteiger partial charge < -0.3 is 24.8 Å². The van der Waals surface area contributed by atoms with Crippen molar-refractivity contribution in [2.24, 2.45) is 0 Å². The summed E-state index contributed by atoms with van der Waals surface area (Å²) in [6.45, 7) is 3.45. The Morgan fingerprint density at radius 2 is 1.41 bits per heavy atom. The van der Waals surface area contributed by atoms with Crippen molar-refractivity contribution >= 4 is 39.4 Å². The third-order valence-electron chi connectivity index (χ3n) is 6.35. The predicted molar refractivity (Wildman–Crippen MR) is 171 cm³/mol. The highest BCUT2D eigenvalue weighted by molar-refractivity contribution is 9.10.